The van der Waals surface area contributed by atoms with Crippen molar-refractivity contribution in [2.24, 2.45) is 5.10 Å². The Balaban J connectivity index is 1.50. The van der Waals surface area contributed by atoms with Crippen molar-refractivity contribution in [2.75, 3.05) is 0 Å². The Kier molecular flexibility index (Phi) is 7.38. The van der Waals surface area contributed by atoms with Crippen LogP contribution in [0.15, 0.2) is 71.8 Å². The van der Waals surface area contributed by atoms with Crippen LogP contribution < -0.4 is 10.2 Å². The predicted molar refractivity (Wildman–Crippen MR) is 121 cm³/mol. The average Bonchev–Trinajstić information content (AvgIpc) is 2.67. The summed E-state index contributed by atoms with van der Waals surface area (Å²) in [4.78, 5) is 0. The van der Waals surface area contributed by atoms with E-state index in [-0.39, 0.29) is 0 Å². The molecule has 0 aromatic heterocycles. The summed E-state index contributed by atoms with van der Waals surface area (Å²) in [7, 11) is 0. The van der Waals surface area contributed by atoms with Gasteiger partial charge in [-0.2, -0.15) is 5.10 Å². The number of nitrogens with one attached hydrogen (secondary N) is 1. The van der Waals surface area contributed by atoms with Gasteiger partial charge in [-0.1, -0.05) is 41.4 Å². The van der Waals surface area contributed by atoms with Crippen LogP contribution >= 0.6 is 45.8 Å². The highest BCUT2D eigenvalue weighted by Gasteiger charge is 2.03. The molecule has 27 heavy (non-hydrogen) atoms. The second-order valence-electron chi connectivity index (χ2n) is 5.78. The molecule has 0 radical (unpaired) electrons. The van der Waals surface area contributed by atoms with E-state index in [0.717, 1.165) is 22.4 Å². The van der Waals surface area contributed by atoms with Crippen molar-refractivity contribution in [3.63, 3.8) is 0 Å². The molecule has 3 aromatic carbocycles. The predicted octanol–water partition coefficient (Wildman–Crippen LogP) is 6.30. The second kappa shape index (κ2) is 9.97. The van der Waals surface area contributed by atoms with Crippen LogP contribution in [-0.4, -0.2) is 6.21 Å². The summed E-state index contributed by atoms with van der Waals surface area (Å²) in [6.07, 6.45) is 1.74. The SMILES string of the molecule is Clc1cccc(Cl)c1CN/N=C\c1ccc(OCc2ccc(I)cc2)cc1. The molecule has 3 nitrogen and oxygen atoms in total. The van der Waals surface area contributed by atoms with Gasteiger partial charge in [-0.25, -0.2) is 0 Å². The Morgan fingerprint density at radius 3 is 2.26 bits per heavy atom. The Hall–Kier alpha value is -1.76. The zero-order chi connectivity index (χ0) is 19.1. The molecule has 3 aromatic rings. The molecule has 0 spiro atoms. The van der Waals surface area contributed by atoms with E-state index in [9.17, 15) is 0 Å². The molecule has 0 bridgehead atoms. The van der Waals surface area contributed by atoms with Crippen LogP contribution in [0.2, 0.25) is 10.0 Å². The standard InChI is InChI=1S/C21H17Cl2IN2O/c22-20-2-1-3-21(23)19(20)13-26-25-12-15-6-10-18(11-7-15)27-14-16-4-8-17(24)9-5-16/h1-12,26H,13-14H2/b25-12-. The number of benzene rings is 3. The third kappa shape index (κ3) is 6.13. The number of nitrogens with zero attached hydrogens (tertiary/aromatic N) is 1. The molecule has 0 aliphatic rings. The maximum atomic E-state index is 6.13. The maximum absolute atomic E-state index is 6.13. The molecule has 0 saturated carbocycles. The summed E-state index contributed by atoms with van der Waals surface area (Å²) in [6.45, 7) is 1.01. The molecule has 3 rings (SSSR count). The van der Waals surface area contributed by atoms with E-state index in [2.05, 4.69) is 57.4 Å². The summed E-state index contributed by atoms with van der Waals surface area (Å²) in [6, 6.07) is 21.5. The van der Waals surface area contributed by atoms with Gasteiger partial charge in [0.05, 0.1) is 12.8 Å². The van der Waals surface area contributed by atoms with Crippen molar-refractivity contribution < 1.29 is 4.74 Å². The molecule has 0 aliphatic heterocycles. The van der Waals surface area contributed by atoms with E-state index in [1.165, 1.54) is 3.57 Å². The fourth-order valence-electron chi connectivity index (χ4n) is 2.34. The van der Waals surface area contributed by atoms with Gasteiger partial charge in [0.1, 0.15) is 12.4 Å². The van der Waals surface area contributed by atoms with Crippen molar-refractivity contribution in [2.45, 2.75) is 13.2 Å². The van der Waals surface area contributed by atoms with Gasteiger partial charge in [0.25, 0.3) is 0 Å². The minimum Gasteiger partial charge on any atom is -0.489 e. The maximum Gasteiger partial charge on any atom is 0.119 e. The highest BCUT2D eigenvalue weighted by atomic mass is 127. The van der Waals surface area contributed by atoms with Crippen molar-refractivity contribution in [1.82, 2.24) is 5.43 Å². The normalized spacial score (nSPS) is 10.9. The van der Waals surface area contributed by atoms with Gasteiger partial charge < -0.3 is 10.2 Å². The van der Waals surface area contributed by atoms with Gasteiger partial charge in [-0.3, -0.25) is 0 Å². The lowest BCUT2D eigenvalue weighted by molar-refractivity contribution is 0.306. The van der Waals surface area contributed by atoms with Crippen LogP contribution in [0.25, 0.3) is 0 Å². The van der Waals surface area contributed by atoms with Crippen LogP contribution in [0.3, 0.4) is 0 Å². The number of hydrogen-bond donors (Lipinski definition) is 1. The molecule has 0 fully saturated rings. The van der Waals surface area contributed by atoms with E-state index in [1.807, 2.05) is 42.5 Å². The summed E-state index contributed by atoms with van der Waals surface area (Å²) < 4.78 is 7.02. The molecule has 138 valence electrons. The Morgan fingerprint density at radius 1 is 0.926 bits per heavy atom. The van der Waals surface area contributed by atoms with Crippen LogP contribution in [0.4, 0.5) is 0 Å². The van der Waals surface area contributed by atoms with Crippen molar-refractivity contribution in [3.8, 4) is 5.75 Å². The summed E-state index contributed by atoms with van der Waals surface area (Å²) in [5.41, 5.74) is 5.91. The number of hydrogen-bond acceptors (Lipinski definition) is 3. The van der Waals surface area contributed by atoms with Gasteiger partial charge in [-0.05, 0) is 82.2 Å². The van der Waals surface area contributed by atoms with Gasteiger partial charge in [0.2, 0.25) is 0 Å². The third-order valence-electron chi connectivity index (χ3n) is 3.82. The Labute approximate surface area is 182 Å². The quantitative estimate of drug-likeness (QED) is 0.230. The number of halogens is 3. The highest BCUT2D eigenvalue weighted by Crippen LogP contribution is 2.23. The third-order valence-corrected chi connectivity index (χ3v) is 5.25. The molecule has 1 N–H and O–H groups in total. The molecule has 0 atom stereocenters. The zero-order valence-electron chi connectivity index (χ0n) is 14.3. The van der Waals surface area contributed by atoms with Crippen LogP contribution in [-0.2, 0) is 13.2 Å². The summed E-state index contributed by atoms with van der Waals surface area (Å²) in [5.74, 6) is 0.821. The number of ether oxygens (including phenoxy) is 1. The van der Waals surface area contributed by atoms with Crippen LogP contribution in [0.1, 0.15) is 16.7 Å². The fourth-order valence-corrected chi connectivity index (χ4v) is 3.23. The molecular weight excluding hydrogens is 494 g/mol. The fraction of sp³-hybridized carbons (Fsp3) is 0.0952. The van der Waals surface area contributed by atoms with E-state index in [0.29, 0.717) is 23.2 Å². The molecule has 0 unspecified atom stereocenters. The highest BCUT2D eigenvalue weighted by molar-refractivity contribution is 14.1. The minimum atomic E-state index is 0.464. The van der Waals surface area contributed by atoms with Crippen LogP contribution in [0, 0.1) is 3.57 Å². The molecule has 0 saturated heterocycles. The van der Waals surface area contributed by atoms with E-state index < -0.39 is 0 Å². The van der Waals surface area contributed by atoms with Gasteiger partial charge in [-0.15, -0.1) is 0 Å². The lowest BCUT2D eigenvalue weighted by atomic mass is 10.2. The van der Waals surface area contributed by atoms with Gasteiger partial charge in [0.15, 0.2) is 0 Å². The molecule has 6 heteroatoms. The van der Waals surface area contributed by atoms with E-state index in [1.54, 1.807) is 6.21 Å². The minimum absolute atomic E-state index is 0.464. The first kappa shape index (κ1) is 20.0. The van der Waals surface area contributed by atoms with E-state index in [4.69, 9.17) is 27.9 Å². The summed E-state index contributed by atoms with van der Waals surface area (Å²) >= 11 is 14.6. The number of hydrazone groups is 1. The monoisotopic (exact) mass is 510 g/mol. The molecule has 0 amide bonds. The van der Waals surface area contributed by atoms with Gasteiger partial charge in [0, 0.05) is 19.2 Å². The Bertz CT molecular complexity index is 892. The van der Waals surface area contributed by atoms with Crippen LogP contribution in [0.5, 0.6) is 5.75 Å². The largest absolute Gasteiger partial charge is 0.489 e. The topological polar surface area (TPSA) is 33.6 Å². The molecule has 0 heterocycles. The van der Waals surface area contributed by atoms with Crippen molar-refractivity contribution >= 4 is 52.0 Å². The first-order valence-corrected chi connectivity index (χ1v) is 10.1. The Morgan fingerprint density at radius 2 is 1.59 bits per heavy atom. The number of rotatable bonds is 7. The zero-order valence-corrected chi connectivity index (χ0v) is 18.0. The average molecular weight is 511 g/mol. The second-order valence-corrected chi connectivity index (χ2v) is 7.84. The van der Waals surface area contributed by atoms with Crippen molar-refractivity contribution in [1.29, 1.82) is 0 Å². The smallest absolute Gasteiger partial charge is 0.119 e. The lowest BCUT2D eigenvalue weighted by Crippen LogP contribution is -2.06. The first-order valence-electron chi connectivity index (χ1n) is 8.28. The molecular formula is C21H17Cl2IN2O. The lowest BCUT2D eigenvalue weighted by Gasteiger charge is -2.07. The van der Waals surface area contributed by atoms with E-state index >= 15 is 0 Å². The van der Waals surface area contributed by atoms with Gasteiger partial charge >= 0.3 is 0 Å². The first-order chi connectivity index (χ1) is 13.1. The molecule has 0 aliphatic carbocycles. The summed E-state index contributed by atoms with van der Waals surface area (Å²) in [5, 5.41) is 5.47. The van der Waals surface area contributed by atoms with Crippen molar-refractivity contribution in [3.05, 3.63) is 97.0 Å².